The van der Waals surface area contributed by atoms with Gasteiger partial charge in [-0.2, -0.15) is 0 Å². The quantitative estimate of drug-likeness (QED) is 0.629. The largest absolute Gasteiger partial charge is 0.456 e. The van der Waals surface area contributed by atoms with Crippen molar-refractivity contribution >= 4 is 17.3 Å². The number of aldehydes is 1. The fourth-order valence-electron chi connectivity index (χ4n) is 3.50. The molecule has 0 spiro atoms. The number of rotatable bonds is 4. The van der Waals surface area contributed by atoms with Crippen LogP contribution >= 0.6 is 0 Å². The van der Waals surface area contributed by atoms with E-state index in [-0.39, 0.29) is 0 Å². The molecule has 0 radical (unpaired) electrons. The molecule has 1 aliphatic rings. The number of carbonyl (C=O) groups is 1. The Morgan fingerprint density at radius 1 is 1.04 bits per heavy atom. The summed E-state index contributed by atoms with van der Waals surface area (Å²) < 4.78 is 6.10. The SMILES string of the molecule is Cc1c(-c2ccccc2C=O)oc2cccc(ON3CCCCC3)c12. The summed E-state index contributed by atoms with van der Waals surface area (Å²) in [5.41, 5.74) is 3.22. The number of hydroxylamine groups is 2. The Morgan fingerprint density at radius 3 is 2.64 bits per heavy atom. The molecule has 4 heteroatoms. The molecule has 1 fully saturated rings. The Kier molecular flexibility index (Phi) is 4.28. The van der Waals surface area contributed by atoms with E-state index in [0.717, 1.165) is 65.8 Å². The minimum atomic E-state index is 0.628. The van der Waals surface area contributed by atoms with Crippen molar-refractivity contribution < 1.29 is 14.0 Å². The Bertz CT molecular complexity index is 907. The lowest BCUT2D eigenvalue weighted by Gasteiger charge is -2.26. The standard InChI is InChI=1S/C21H21NO3/c1-15-20-18(24-21(15)17-9-4-3-8-16(17)14-23)10-7-11-19(20)25-22-12-5-2-6-13-22/h3-4,7-11,14H,2,5-6,12-13H2,1H3. The summed E-state index contributed by atoms with van der Waals surface area (Å²) in [4.78, 5) is 17.5. The van der Waals surface area contributed by atoms with Crippen LogP contribution in [0.3, 0.4) is 0 Å². The number of nitrogens with zero attached hydrogens (tertiary/aromatic N) is 1. The third kappa shape index (κ3) is 2.94. The molecule has 25 heavy (non-hydrogen) atoms. The van der Waals surface area contributed by atoms with E-state index in [1.165, 1.54) is 6.42 Å². The lowest BCUT2D eigenvalue weighted by atomic mass is 10.0. The zero-order chi connectivity index (χ0) is 17.2. The van der Waals surface area contributed by atoms with Crippen LogP contribution in [0.4, 0.5) is 0 Å². The van der Waals surface area contributed by atoms with Gasteiger partial charge in [0.1, 0.15) is 11.3 Å². The van der Waals surface area contributed by atoms with Crippen LogP contribution in [-0.4, -0.2) is 24.4 Å². The van der Waals surface area contributed by atoms with Crippen molar-refractivity contribution in [3.8, 4) is 17.1 Å². The van der Waals surface area contributed by atoms with E-state index in [4.69, 9.17) is 9.25 Å². The van der Waals surface area contributed by atoms with Crippen molar-refractivity contribution in [2.24, 2.45) is 0 Å². The molecular formula is C21H21NO3. The molecule has 128 valence electrons. The predicted molar refractivity (Wildman–Crippen MR) is 97.8 cm³/mol. The molecular weight excluding hydrogens is 314 g/mol. The Balaban J connectivity index is 1.79. The second-order valence-electron chi connectivity index (χ2n) is 6.47. The molecule has 0 amide bonds. The highest BCUT2D eigenvalue weighted by molar-refractivity contribution is 5.95. The number of piperidine rings is 1. The highest BCUT2D eigenvalue weighted by Gasteiger charge is 2.20. The summed E-state index contributed by atoms with van der Waals surface area (Å²) in [6, 6.07) is 13.4. The first-order valence-electron chi connectivity index (χ1n) is 8.77. The Labute approximate surface area is 147 Å². The summed E-state index contributed by atoms with van der Waals surface area (Å²) in [6.07, 6.45) is 4.46. The van der Waals surface area contributed by atoms with Gasteiger partial charge in [0.05, 0.1) is 5.39 Å². The molecule has 2 heterocycles. The average molecular weight is 335 g/mol. The van der Waals surface area contributed by atoms with Crippen molar-refractivity contribution in [3.05, 3.63) is 53.6 Å². The number of furan rings is 1. The summed E-state index contributed by atoms with van der Waals surface area (Å²) >= 11 is 0. The summed E-state index contributed by atoms with van der Waals surface area (Å²) in [6.45, 7) is 3.92. The highest BCUT2D eigenvalue weighted by atomic mass is 16.7. The van der Waals surface area contributed by atoms with Crippen LogP contribution < -0.4 is 4.84 Å². The lowest BCUT2D eigenvalue weighted by Crippen LogP contribution is -2.32. The molecule has 0 N–H and O–H groups in total. The molecule has 4 rings (SSSR count). The molecule has 1 aliphatic heterocycles. The maximum Gasteiger partial charge on any atom is 0.158 e. The third-order valence-electron chi connectivity index (χ3n) is 4.79. The molecule has 0 unspecified atom stereocenters. The van der Waals surface area contributed by atoms with Crippen molar-refractivity contribution in [3.63, 3.8) is 0 Å². The van der Waals surface area contributed by atoms with Crippen molar-refractivity contribution in [2.75, 3.05) is 13.1 Å². The van der Waals surface area contributed by atoms with Gasteiger partial charge in [-0.05, 0) is 31.9 Å². The van der Waals surface area contributed by atoms with Gasteiger partial charge in [-0.25, -0.2) is 0 Å². The minimum Gasteiger partial charge on any atom is -0.456 e. The van der Waals surface area contributed by atoms with Gasteiger partial charge >= 0.3 is 0 Å². The molecule has 0 bridgehead atoms. The van der Waals surface area contributed by atoms with Crippen molar-refractivity contribution in [2.45, 2.75) is 26.2 Å². The fraction of sp³-hybridized carbons (Fsp3) is 0.286. The normalized spacial score (nSPS) is 15.4. The minimum absolute atomic E-state index is 0.628. The van der Waals surface area contributed by atoms with Crippen LogP contribution in [0.15, 0.2) is 46.9 Å². The number of aryl methyl sites for hydroxylation is 1. The van der Waals surface area contributed by atoms with Crippen molar-refractivity contribution in [1.29, 1.82) is 0 Å². The second kappa shape index (κ2) is 6.73. The van der Waals surface area contributed by atoms with Crippen LogP contribution in [0.25, 0.3) is 22.3 Å². The molecule has 0 aliphatic carbocycles. The van der Waals surface area contributed by atoms with Gasteiger partial charge in [0, 0.05) is 29.8 Å². The molecule has 1 saturated heterocycles. The first kappa shape index (κ1) is 15.9. The van der Waals surface area contributed by atoms with Crippen LogP contribution in [0.1, 0.15) is 35.2 Å². The maximum absolute atomic E-state index is 11.4. The van der Waals surface area contributed by atoms with Gasteiger partial charge < -0.3 is 9.25 Å². The van der Waals surface area contributed by atoms with Gasteiger partial charge in [0.2, 0.25) is 0 Å². The highest BCUT2D eigenvalue weighted by Crippen LogP contribution is 2.39. The van der Waals surface area contributed by atoms with Crippen LogP contribution in [0.2, 0.25) is 0 Å². The first-order chi connectivity index (χ1) is 12.3. The van der Waals surface area contributed by atoms with E-state index in [9.17, 15) is 4.79 Å². The number of hydrogen-bond acceptors (Lipinski definition) is 4. The lowest BCUT2D eigenvalue weighted by molar-refractivity contribution is -0.0706. The Hall–Kier alpha value is -2.59. The van der Waals surface area contributed by atoms with Gasteiger partial charge in [-0.1, -0.05) is 36.8 Å². The van der Waals surface area contributed by atoms with Gasteiger partial charge in [0.15, 0.2) is 12.0 Å². The zero-order valence-corrected chi connectivity index (χ0v) is 14.3. The van der Waals surface area contributed by atoms with E-state index in [1.54, 1.807) is 6.07 Å². The summed E-state index contributed by atoms with van der Waals surface area (Å²) in [7, 11) is 0. The fourth-order valence-corrected chi connectivity index (χ4v) is 3.50. The smallest absolute Gasteiger partial charge is 0.158 e. The van der Waals surface area contributed by atoms with Gasteiger partial charge in [-0.3, -0.25) is 4.79 Å². The predicted octanol–water partition coefficient (Wildman–Crippen LogP) is 5.00. The average Bonchev–Trinajstić information content (AvgIpc) is 3.00. The molecule has 4 nitrogen and oxygen atoms in total. The first-order valence-corrected chi connectivity index (χ1v) is 8.77. The number of carbonyl (C=O) groups excluding carboxylic acids is 1. The van der Waals surface area contributed by atoms with E-state index >= 15 is 0 Å². The second-order valence-corrected chi connectivity index (χ2v) is 6.47. The number of benzene rings is 2. The van der Waals surface area contributed by atoms with Gasteiger partial charge in [-0.15, -0.1) is 5.06 Å². The molecule has 3 aromatic rings. The van der Waals surface area contributed by atoms with Gasteiger partial charge in [0.25, 0.3) is 0 Å². The van der Waals surface area contributed by atoms with E-state index < -0.39 is 0 Å². The molecule has 1 aromatic heterocycles. The molecule has 0 atom stereocenters. The van der Waals surface area contributed by atoms with E-state index in [0.29, 0.717) is 5.56 Å². The van der Waals surface area contributed by atoms with E-state index in [2.05, 4.69) is 0 Å². The van der Waals surface area contributed by atoms with Crippen LogP contribution in [-0.2, 0) is 0 Å². The molecule has 0 saturated carbocycles. The number of fused-ring (bicyclic) bond motifs is 1. The zero-order valence-electron chi connectivity index (χ0n) is 14.3. The van der Waals surface area contributed by atoms with Crippen LogP contribution in [0, 0.1) is 6.92 Å². The van der Waals surface area contributed by atoms with Crippen LogP contribution in [0.5, 0.6) is 5.75 Å². The maximum atomic E-state index is 11.4. The van der Waals surface area contributed by atoms with E-state index in [1.807, 2.05) is 48.4 Å². The number of hydrogen-bond donors (Lipinski definition) is 0. The van der Waals surface area contributed by atoms with Crippen molar-refractivity contribution in [1.82, 2.24) is 5.06 Å². The third-order valence-corrected chi connectivity index (χ3v) is 4.79. The molecule has 2 aromatic carbocycles. The monoisotopic (exact) mass is 335 g/mol. The summed E-state index contributed by atoms with van der Waals surface area (Å²) in [5.74, 6) is 1.54. The topological polar surface area (TPSA) is 42.7 Å². The Morgan fingerprint density at radius 2 is 1.84 bits per heavy atom. The summed E-state index contributed by atoms with van der Waals surface area (Å²) in [5, 5.41) is 3.01.